The van der Waals surface area contributed by atoms with Gasteiger partial charge in [0.25, 0.3) is 5.69 Å². The van der Waals surface area contributed by atoms with Crippen molar-refractivity contribution in [1.82, 2.24) is 4.72 Å². The summed E-state index contributed by atoms with van der Waals surface area (Å²) in [4.78, 5) is 22.1. The molecule has 2 aromatic rings. The number of carbonyl (C=O) groups excluding carboxylic acids is 1. The maximum atomic E-state index is 12.6. The van der Waals surface area contributed by atoms with Crippen LogP contribution in [0.4, 0.5) is 11.4 Å². The van der Waals surface area contributed by atoms with Crippen molar-refractivity contribution in [1.29, 1.82) is 0 Å². The van der Waals surface area contributed by atoms with Crippen LogP contribution in [-0.2, 0) is 21.4 Å². The molecule has 2 N–H and O–H groups in total. The van der Waals surface area contributed by atoms with Crippen molar-refractivity contribution in [3.63, 3.8) is 0 Å². The van der Waals surface area contributed by atoms with Crippen molar-refractivity contribution >= 4 is 27.3 Å². The highest BCUT2D eigenvalue weighted by Gasteiger charge is 2.29. The molecule has 0 unspecified atom stereocenters. The molecule has 0 saturated heterocycles. The van der Waals surface area contributed by atoms with Crippen LogP contribution < -0.4 is 10.0 Å². The molecule has 0 heterocycles. The van der Waals surface area contributed by atoms with Gasteiger partial charge in [-0.3, -0.25) is 14.9 Å². The average molecular weight is 389 g/mol. The first-order valence-corrected chi connectivity index (χ1v) is 9.90. The fourth-order valence-electron chi connectivity index (χ4n) is 2.70. The maximum Gasteiger partial charge on any atom is 0.273 e. The molecule has 142 valence electrons. The third kappa shape index (κ3) is 4.50. The lowest BCUT2D eigenvalue weighted by Crippen LogP contribution is -2.24. The van der Waals surface area contributed by atoms with Crippen LogP contribution in [0.2, 0.25) is 0 Å². The SMILES string of the molecule is Cc1c([N+](=O)[O-])cccc1S(=O)(=O)NCc1cccc(NC(=O)C2CC2)c1. The van der Waals surface area contributed by atoms with Crippen LogP contribution >= 0.6 is 0 Å². The molecule has 8 nitrogen and oxygen atoms in total. The van der Waals surface area contributed by atoms with Crippen LogP contribution in [0, 0.1) is 23.0 Å². The van der Waals surface area contributed by atoms with E-state index in [2.05, 4.69) is 10.0 Å². The molecule has 0 atom stereocenters. The number of carbonyl (C=O) groups is 1. The number of nitrogens with zero attached hydrogens (tertiary/aromatic N) is 1. The minimum atomic E-state index is -3.93. The Bertz CT molecular complexity index is 1000. The van der Waals surface area contributed by atoms with Crippen molar-refractivity contribution in [3.8, 4) is 0 Å². The molecule has 3 rings (SSSR count). The Balaban J connectivity index is 1.73. The van der Waals surface area contributed by atoms with E-state index in [1.807, 2.05) is 0 Å². The Morgan fingerprint density at radius 1 is 1.22 bits per heavy atom. The lowest BCUT2D eigenvalue weighted by Gasteiger charge is -2.11. The van der Waals surface area contributed by atoms with Crippen LogP contribution in [0.15, 0.2) is 47.4 Å². The van der Waals surface area contributed by atoms with Crippen molar-refractivity contribution in [3.05, 3.63) is 63.7 Å². The molecule has 0 spiro atoms. The van der Waals surface area contributed by atoms with E-state index in [0.29, 0.717) is 11.3 Å². The van der Waals surface area contributed by atoms with Crippen LogP contribution in [0.25, 0.3) is 0 Å². The molecule has 1 fully saturated rings. The molecule has 0 aliphatic heterocycles. The number of nitrogens with one attached hydrogen (secondary N) is 2. The largest absolute Gasteiger partial charge is 0.326 e. The Hall–Kier alpha value is -2.78. The number of nitro benzene ring substituents is 1. The normalized spacial score (nSPS) is 14.0. The number of amides is 1. The molecular weight excluding hydrogens is 370 g/mol. The summed E-state index contributed by atoms with van der Waals surface area (Å²) in [5.41, 5.74) is 1.11. The van der Waals surface area contributed by atoms with Gasteiger partial charge in [0.2, 0.25) is 15.9 Å². The summed E-state index contributed by atoms with van der Waals surface area (Å²) < 4.78 is 27.6. The van der Waals surface area contributed by atoms with Gasteiger partial charge in [-0.1, -0.05) is 18.2 Å². The van der Waals surface area contributed by atoms with Gasteiger partial charge in [0.1, 0.15) is 0 Å². The van der Waals surface area contributed by atoms with E-state index in [1.165, 1.54) is 25.1 Å². The molecule has 0 radical (unpaired) electrons. The number of benzene rings is 2. The molecule has 1 aliphatic carbocycles. The Morgan fingerprint density at radius 2 is 1.93 bits per heavy atom. The Labute approximate surface area is 156 Å². The zero-order valence-electron chi connectivity index (χ0n) is 14.6. The van der Waals surface area contributed by atoms with E-state index >= 15 is 0 Å². The van der Waals surface area contributed by atoms with Crippen molar-refractivity contribution < 1.29 is 18.1 Å². The van der Waals surface area contributed by atoms with Crippen LogP contribution in [0.3, 0.4) is 0 Å². The summed E-state index contributed by atoms with van der Waals surface area (Å²) in [6.45, 7) is 1.40. The minimum Gasteiger partial charge on any atom is -0.326 e. The lowest BCUT2D eigenvalue weighted by molar-refractivity contribution is -0.385. The van der Waals surface area contributed by atoms with Crippen LogP contribution in [-0.4, -0.2) is 19.2 Å². The molecule has 9 heteroatoms. The number of rotatable bonds is 7. The summed E-state index contributed by atoms with van der Waals surface area (Å²) in [6.07, 6.45) is 1.79. The second-order valence-corrected chi connectivity index (χ2v) is 8.18. The molecule has 2 aromatic carbocycles. The smallest absolute Gasteiger partial charge is 0.273 e. The van der Waals surface area contributed by atoms with Gasteiger partial charge in [-0.2, -0.15) is 0 Å². The van der Waals surface area contributed by atoms with E-state index in [-0.39, 0.29) is 34.5 Å². The number of sulfonamides is 1. The van der Waals surface area contributed by atoms with Crippen molar-refractivity contribution in [2.45, 2.75) is 31.2 Å². The Morgan fingerprint density at radius 3 is 2.59 bits per heavy atom. The van der Waals surface area contributed by atoms with Crippen molar-refractivity contribution in [2.75, 3.05) is 5.32 Å². The molecule has 1 saturated carbocycles. The first kappa shape index (κ1) is 19.0. The van der Waals surface area contributed by atoms with E-state index in [4.69, 9.17) is 0 Å². The maximum absolute atomic E-state index is 12.6. The van der Waals surface area contributed by atoms with E-state index in [1.54, 1.807) is 24.3 Å². The van der Waals surface area contributed by atoms with E-state index in [0.717, 1.165) is 12.8 Å². The third-order valence-electron chi connectivity index (χ3n) is 4.35. The number of hydrogen-bond acceptors (Lipinski definition) is 5. The van der Waals surface area contributed by atoms with Gasteiger partial charge in [-0.05, 0) is 43.5 Å². The number of hydrogen-bond donors (Lipinski definition) is 2. The third-order valence-corrected chi connectivity index (χ3v) is 5.90. The highest BCUT2D eigenvalue weighted by atomic mass is 32.2. The fraction of sp³-hybridized carbons (Fsp3) is 0.278. The van der Waals surface area contributed by atoms with Gasteiger partial charge in [0, 0.05) is 29.8 Å². The molecule has 27 heavy (non-hydrogen) atoms. The molecule has 1 amide bonds. The van der Waals surface area contributed by atoms with Gasteiger partial charge in [-0.25, -0.2) is 13.1 Å². The van der Waals surface area contributed by atoms with Gasteiger partial charge in [-0.15, -0.1) is 0 Å². The van der Waals surface area contributed by atoms with Gasteiger partial charge in [0.05, 0.1) is 9.82 Å². The quantitative estimate of drug-likeness (QED) is 0.557. The summed E-state index contributed by atoms with van der Waals surface area (Å²) in [7, 11) is -3.93. The summed E-state index contributed by atoms with van der Waals surface area (Å²) in [5.74, 6) is 0.0453. The fourth-order valence-corrected chi connectivity index (χ4v) is 3.97. The predicted octanol–water partition coefficient (Wildman–Crippen LogP) is 2.73. The minimum absolute atomic E-state index is 0.00238. The lowest BCUT2D eigenvalue weighted by atomic mass is 10.2. The molecule has 0 aromatic heterocycles. The second-order valence-electron chi connectivity index (χ2n) is 6.45. The summed E-state index contributed by atoms with van der Waals surface area (Å²) in [5, 5.41) is 13.8. The zero-order chi connectivity index (χ0) is 19.6. The number of anilines is 1. The summed E-state index contributed by atoms with van der Waals surface area (Å²) in [6, 6.07) is 10.8. The number of nitro groups is 1. The van der Waals surface area contributed by atoms with E-state index in [9.17, 15) is 23.3 Å². The molecule has 0 bridgehead atoms. The topological polar surface area (TPSA) is 118 Å². The van der Waals surface area contributed by atoms with Gasteiger partial charge < -0.3 is 5.32 Å². The first-order chi connectivity index (χ1) is 12.8. The second kappa shape index (κ2) is 7.45. The van der Waals surface area contributed by atoms with Crippen LogP contribution in [0.5, 0.6) is 0 Å². The zero-order valence-corrected chi connectivity index (χ0v) is 15.5. The summed E-state index contributed by atoms with van der Waals surface area (Å²) >= 11 is 0. The average Bonchev–Trinajstić information content (AvgIpc) is 3.45. The Kier molecular flexibility index (Phi) is 5.24. The van der Waals surface area contributed by atoms with Gasteiger partial charge >= 0.3 is 0 Å². The standard InChI is InChI=1S/C18H19N3O5S/c1-12-16(21(23)24)6-3-7-17(12)27(25,26)19-11-13-4-2-5-15(10-13)20-18(22)14-8-9-14/h2-7,10,14,19H,8-9,11H2,1H3,(H,20,22). The highest BCUT2D eigenvalue weighted by Crippen LogP contribution is 2.30. The monoisotopic (exact) mass is 389 g/mol. The van der Waals surface area contributed by atoms with Crippen LogP contribution in [0.1, 0.15) is 24.0 Å². The van der Waals surface area contributed by atoms with E-state index < -0.39 is 14.9 Å². The molecule has 1 aliphatic rings. The first-order valence-electron chi connectivity index (χ1n) is 8.41. The molecular formula is C18H19N3O5S. The predicted molar refractivity (Wildman–Crippen MR) is 99.7 cm³/mol. The highest BCUT2D eigenvalue weighted by molar-refractivity contribution is 7.89. The van der Waals surface area contributed by atoms with Crippen molar-refractivity contribution in [2.24, 2.45) is 5.92 Å². The van der Waals surface area contributed by atoms with Gasteiger partial charge in [0.15, 0.2) is 0 Å².